The average molecular weight is 354 g/mol. The van der Waals surface area contributed by atoms with E-state index in [-0.39, 0.29) is 5.56 Å². The van der Waals surface area contributed by atoms with Crippen LogP contribution in [0.2, 0.25) is 0 Å². The molecule has 5 nitrogen and oxygen atoms in total. The first kappa shape index (κ1) is 16.8. The first-order valence-corrected chi connectivity index (χ1v) is 8.67. The summed E-state index contributed by atoms with van der Waals surface area (Å²) in [6.45, 7) is 4.12. The average Bonchev–Trinajstić information content (AvgIpc) is 2.70. The summed E-state index contributed by atoms with van der Waals surface area (Å²) in [6.07, 6.45) is 5.05. The van der Waals surface area contributed by atoms with Gasteiger partial charge in [0.2, 0.25) is 0 Å². The molecule has 2 aromatic carbocycles. The van der Waals surface area contributed by atoms with Crippen LogP contribution in [0.1, 0.15) is 16.7 Å². The van der Waals surface area contributed by atoms with Gasteiger partial charge in [0.05, 0.1) is 17.1 Å². The molecule has 2 heterocycles. The number of hydrogen-bond acceptors (Lipinski definition) is 4. The largest absolute Gasteiger partial charge is 0.282 e. The number of pyridine rings is 1. The molecule has 0 aliphatic heterocycles. The Kier molecular flexibility index (Phi) is 4.34. The van der Waals surface area contributed by atoms with Crippen LogP contribution in [0.5, 0.6) is 0 Å². The quantitative estimate of drug-likeness (QED) is 0.523. The Hall–Kier alpha value is -3.60. The SMILES string of the molecule is Cc1ccc(/C=N/n2c(-c3cccnc3)nc3ccccc3c2=O)cc1C. The molecule has 0 radical (unpaired) electrons. The van der Waals surface area contributed by atoms with Gasteiger partial charge in [0.1, 0.15) is 0 Å². The molecule has 0 N–H and O–H groups in total. The fourth-order valence-electron chi connectivity index (χ4n) is 2.88. The molecular formula is C22H18N4O. The number of rotatable bonds is 3. The minimum atomic E-state index is -0.209. The summed E-state index contributed by atoms with van der Waals surface area (Å²) >= 11 is 0. The van der Waals surface area contributed by atoms with Gasteiger partial charge in [0, 0.05) is 18.0 Å². The molecule has 132 valence electrons. The highest BCUT2D eigenvalue weighted by Gasteiger charge is 2.12. The Morgan fingerprint density at radius 3 is 2.63 bits per heavy atom. The van der Waals surface area contributed by atoms with E-state index in [1.54, 1.807) is 24.7 Å². The lowest BCUT2D eigenvalue weighted by atomic mass is 10.1. The van der Waals surface area contributed by atoms with E-state index in [9.17, 15) is 4.79 Å². The van der Waals surface area contributed by atoms with Gasteiger partial charge in [-0.25, -0.2) is 4.98 Å². The molecule has 0 aliphatic carbocycles. The highest BCUT2D eigenvalue weighted by atomic mass is 16.1. The Morgan fingerprint density at radius 2 is 1.85 bits per heavy atom. The minimum absolute atomic E-state index is 0.209. The summed E-state index contributed by atoms with van der Waals surface area (Å²) in [5.41, 5.74) is 4.48. The van der Waals surface area contributed by atoms with Gasteiger partial charge in [0.25, 0.3) is 5.56 Å². The van der Waals surface area contributed by atoms with Crippen LogP contribution in [0, 0.1) is 13.8 Å². The van der Waals surface area contributed by atoms with Gasteiger partial charge in [-0.3, -0.25) is 9.78 Å². The predicted molar refractivity (Wildman–Crippen MR) is 108 cm³/mol. The normalized spacial score (nSPS) is 11.3. The van der Waals surface area contributed by atoms with Crippen LogP contribution in [0.15, 0.2) is 76.9 Å². The van der Waals surface area contributed by atoms with E-state index in [1.807, 2.05) is 48.5 Å². The number of aromatic nitrogens is 3. The highest BCUT2D eigenvalue weighted by Crippen LogP contribution is 2.18. The van der Waals surface area contributed by atoms with Crippen LogP contribution in [-0.2, 0) is 0 Å². The Balaban J connectivity index is 1.92. The summed E-state index contributed by atoms with van der Waals surface area (Å²) in [5.74, 6) is 0.465. The summed E-state index contributed by atoms with van der Waals surface area (Å²) in [4.78, 5) is 21.9. The van der Waals surface area contributed by atoms with E-state index < -0.39 is 0 Å². The van der Waals surface area contributed by atoms with Crippen molar-refractivity contribution < 1.29 is 0 Å². The molecule has 0 saturated carbocycles. The van der Waals surface area contributed by atoms with E-state index >= 15 is 0 Å². The molecule has 0 fully saturated rings. The standard InChI is InChI=1S/C22H18N4O/c1-15-9-10-17(12-16(15)2)13-24-26-21(18-6-5-11-23-14-18)25-20-8-4-3-7-19(20)22(26)27/h3-14H,1-2H3/b24-13+. The van der Waals surface area contributed by atoms with Gasteiger partial charge in [-0.1, -0.05) is 30.3 Å². The first-order valence-electron chi connectivity index (χ1n) is 8.67. The Bertz CT molecular complexity index is 1210. The van der Waals surface area contributed by atoms with Gasteiger partial charge in [-0.15, -0.1) is 0 Å². The summed E-state index contributed by atoms with van der Waals surface area (Å²) in [6, 6.07) is 17.0. The fraction of sp³-hybridized carbons (Fsp3) is 0.0909. The third-order valence-electron chi connectivity index (χ3n) is 4.53. The minimum Gasteiger partial charge on any atom is -0.267 e. The molecular weight excluding hydrogens is 336 g/mol. The zero-order chi connectivity index (χ0) is 18.8. The fourth-order valence-corrected chi connectivity index (χ4v) is 2.88. The Labute approximate surface area is 156 Å². The molecule has 2 aromatic heterocycles. The van der Waals surface area contributed by atoms with Crippen molar-refractivity contribution in [1.82, 2.24) is 14.6 Å². The second-order valence-electron chi connectivity index (χ2n) is 6.40. The smallest absolute Gasteiger partial charge is 0.267 e. The van der Waals surface area contributed by atoms with Crippen molar-refractivity contribution in [2.24, 2.45) is 5.10 Å². The predicted octanol–water partition coefficient (Wildman–Crippen LogP) is 3.96. The number of para-hydroxylation sites is 1. The van der Waals surface area contributed by atoms with Crippen molar-refractivity contribution in [2.45, 2.75) is 13.8 Å². The molecule has 0 unspecified atom stereocenters. The van der Waals surface area contributed by atoms with E-state index in [1.165, 1.54) is 15.8 Å². The lowest BCUT2D eigenvalue weighted by Crippen LogP contribution is -2.20. The van der Waals surface area contributed by atoms with Crippen molar-refractivity contribution in [1.29, 1.82) is 0 Å². The van der Waals surface area contributed by atoms with Crippen molar-refractivity contribution >= 4 is 17.1 Å². The molecule has 0 atom stereocenters. The van der Waals surface area contributed by atoms with Crippen LogP contribution in [0.25, 0.3) is 22.3 Å². The van der Waals surface area contributed by atoms with E-state index in [4.69, 9.17) is 0 Å². The lowest BCUT2D eigenvalue weighted by molar-refractivity contribution is 0.829. The van der Waals surface area contributed by atoms with Crippen molar-refractivity contribution in [3.8, 4) is 11.4 Å². The summed E-state index contributed by atoms with van der Waals surface area (Å²) in [5, 5.41) is 4.99. The van der Waals surface area contributed by atoms with Crippen LogP contribution in [-0.4, -0.2) is 20.9 Å². The maximum atomic E-state index is 13.1. The molecule has 5 heteroatoms. The molecule has 0 spiro atoms. The van der Waals surface area contributed by atoms with Crippen molar-refractivity contribution in [3.63, 3.8) is 0 Å². The van der Waals surface area contributed by atoms with E-state index in [2.05, 4.69) is 28.9 Å². The molecule has 0 bridgehead atoms. The van der Waals surface area contributed by atoms with Gasteiger partial charge in [0.15, 0.2) is 5.82 Å². The highest BCUT2D eigenvalue weighted by molar-refractivity contribution is 5.82. The number of hydrogen-bond donors (Lipinski definition) is 0. The topological polar surface area (TPSA) is 60.1 Å². The van der Waals surface area contributed by atoms with Gasteiger partial charge in [-0.05, 0) is 54.8 Å². The van der Waals surface area contributed by atoms with E-state index in [0.29, 0.717) is 16.7 Å². The molecule has 0 saturated heterocycles. The van der Waals surface area contributed by atoms with Crippen LogP contribution < -0.4 is 5.56 Å². The number of fused-ring (bicyclic) bond motifs is 1. The molecule has 4 rings (SSSR count). The zero-order valence-corrected chi connectivity index (χ0v) is 15.1. The maximum absolute atomic E-state index is 13.1. The summed E-state index contributed by atoms with van der Waals surface area (Å²) in [7, 11) is 0. The van der Waals surface area contributed by atoms with Crippen LogP contribution >= 0.6 is 0 Å². The van der Waals surface area contributed by atoms with Crippen LogP contribution in [0.3, 0.4) is 0 Å². The lowest BCUT2D eigenvalue weighted by Gasteiger charge is -2.09. The molecule has 4 aromatic rings. The molecule has 0 amide bonds. The Morgan fingerprint density at radius 1 is 1.00 bits per heavy atom. The molecule has 0 aliphatic rings. The van der Waals surface area contributed by atoms with Gasteiger partial charge >= 0.3 is 0 Å². The first-order chi connectivity index (χ1) is 13.1. The maximum Gasteiger partial charge on any atom is 0.282 e. The second kappa shape index (κ2) is 6.96. The number of nitrogens with zero attached hydrogens (tertiary/aromatic N) is 4. The number of aryl methyl sites for hydroxylation is 2. The van der Waals surface area contributed by atoms with Gasteiger partial charge < -0.3 is 0 Å². The summed E-state index contributed by atoms with van der Waals surface area (Å²) < 4.78 is 1.34. The van der Waals surface area contributed by atoms with E-state index in [0.717, 1.165) is 11.1 Å². The van der Waals surface area contributed by atoms with Crippen molar-refractivity contribution in [3.05, 3.63) is 94.0 Å². The zero-order valence-electron chi connectivity index (χ0n) is 15.1. The monoisotopic (exact) mass is 354 g/mol. The third-order valence-corrected chi connectivity index (χ3v) is 4.53. The van der Waals surface area contributed by atoms with Crippen molar-refractivity contribution in [2.75, 3.05) is 0 Å². The van der Waals surface area contributed by atoms with Crippen LogP contribution in [0.4, 0.5) is 0 Å². The third kappa shape index (κ3) is 3.27. The van der Waals surface area contributed by atoms with Gasteiger partial charge in [-0.2, -0.15) is 9.78 Å². The second-order valence-corrected chi connectivity index (χ2v) is 6.40. The molecule has 27 heavy (non-hydrogen) atoms. The number of benzene rings is 2.